The molecule has 2 rings (SSSR count). The van der Waals surface area contributed by atoms with E-state index in [1.54, 1.807) is 7.11 Å². The highest BCUT2D eigenvalue weighted by atomic mass is 16.5. The Balaban J connectivity index is 2.42. The summed E-state index contributed by atoms with van der Waals surface area (Å²) in [6.07, 6.45) is 1.94. The fraction of sp³-hybridized carbons (Fsp3) is 0.500. The average Bonchev–Trinajstić information content (AvgIpc) is 2.33. The zero-order valence-corrected chi connectivity index (χ0v) is 10.7. The molecule has 0 aromatic heterocycles. The van der Waals surface area contributed by atoms with E-state index in [0.717, 1.165) is 30.7 Å². The second-order valence-corrected chi connectivity index (χ2v) is 4.66. The lowest BCUT2D eigenvalue weighted by Gasteiger charge is -2.24. The van der Waals surface area contributed by atoms with Gasteiger partial charge in [-0.3, -0.25) is 4.79 Å². The zero-order valence-electron chi connectivity index (χ0n) is 10.7. The molecular weight excluding hydrogens is 214 g/mol. The Kier molecular flexibility index (Phi) is 3.36. The van der Waals surface area contributed by atoms with Crippen LogP contribution in [-0.2, 0) is 4.79 Å². The molecule has 1 atom stereocenters. The van der Waals surface area contributed by atoms with Gasteiger partial charge >= 0.3 is 0 Å². The predicted molar refractivity (Wildman–Crippen MR) is 67.5 cm³/mol. The first-order valence-electron chi connectivity index (χ1n) is 6.06. The van der Waals surface area contributed by atoms with E-state index in [9.17, 15) is 4.79 Å². The lowest BCUT2D eigenvalue weighted by molar-refractivity contribution is -0.123. The lowest BCUT2D eigenvalue weighted by Crippen LogP contribution is -2.35. The Labute approximate surface area is 102 Å². The monoisotopic (exact) mass is 233 g/mol. The minimum Gasteiger partial charge on any atom is -0.496 e. The molecule has 1 unspecified atom stereocenters. The maximum absolute atomic E-state index is 11.9. The van der Waals surface area contributed by atoms with Gasteiger partial charge < -0.3 is 10.1 Å². The van der Waals surface area contributed by atoms with Gasteiger partial charge in [0.2, 0.25) is 5.91 Å². The van der Waals surface area contributed by atoms with Crippen LogP contribution in [-0.4, -0.2) is 19.6 Å². The first-order chi connectivity index (χ1) is 8.13. The molecule has 1 N–H and O–H groups in total. The van der Waals surface area contributed by atoms with Crippen LogP contribution < -0.4 is 10.1 Å². The molecule has 3 heteroatoms. The maximum Gasteiger partial charge on any atom is 0.227 e. The van der Waals surface area contributed by atoms with Gasteiger partial charge in [0.1, 0.15) is 5.75 Å². The molecule has 0 bridgehead atoms. The fourth-order valence-corrected chi connectivity index (χ4v) is 2.33. The van der Waals surface area contributed by atoms with Crippen molar-refractivity contribution in [1.82, 2.24) is 5.32 Å². The van der Waals surface area contributed by atoms with E-state index < -0.39 is 0 Å². The summed E-state index contributed by atoms with van der Waals surface area (Å²) < 4.78 is 5.40. The summed E-state index contributed by atoms with van der Waals surface area (Å²) in [7, 11) is 1.66. The molecule has 1 saturated heterocycles. The topological polar surface area (TPSA) is 38.3 Å². The predicted octanol–water partition coefficient (Wildman–Crippen LogP) is 2.31. The Hall–Kier alpha value is -1.51. The van der Waals surface area contributed by atoms with Crippen molar-refractivity contribution in [2.75, 3.05) is 13.7 Å². The number of piperidine rings is 1. The van der Waals surface area contributed by atoms with E-state index in [2.05, 4.69) is 25.2 Å². The van der Waals surface area contributed by atoms with Gasteiger partial charge in [0, 0.05) is 12.1 Å². The first kappa shape index (κ1) is 12.0. The maximum atomic E-state index is 11.9. The van der Waals surface area contributed by atoms with E-state index >= 15 is 0 Å². The van der Waals surface area contributed by atoms with Crippen molar-refractivity contribution in [1.29, 1.82) is 0 Å². The molecule has 0 aliphatic carbocycles. The van der Waals surface area contributed by atoms with Crippen molar-refractivity contribution in [2.45, 2.75) is 32.6 Å². The minimum absolute atomic E-state index is 0.0574. The number of carbonyl (C=O) groups is 1. The molecule has 1 aromatic rings. The van der Waals surface area contributed by atoms with Crippen LogP contribution in [0.4, 0.5) is 0 Å². The Bertz CT molecular complexity index is 440. The van der Waals surface area contributed by atoms with Crippen molar-refractivity contribution < 1.29 is 9.53 Å². The Morgan fingerprint density at radius 2 is 2.00 bits per heavy atom. The molecule has 0 spiro atoms. The van der Waals surface area contributed by atoms with E-state index in [0.29, 0.717) is 0 Å². The number of ether oxygens (including phenoxy) is 1. The van der Waals surface area contributed by atoms with Gasteiger partial charge in [-0.15, -0.1) is 0 Å². The highest BCUT2D eigenvalue weighted by Gasteiger charge is 2.26. The number of benzene rings is 1. The smallest absolute Gasteiger partial charge is 0.227 e. The number of methoxy groups -OCH3 is 1. The van der Waals surface area contributed by atoms with E-state index in [1.807, 2.05) is 6.07 Å². The molecule has 1 fully saturated rings. The normalized spacial score (nSPS) is 19.9. The van der Waals surface area contributed by atoms with Crippen LogP contribution in [0.5, 0.6) is 5.75 Å². The van der Waals surface area contributed by atoms with Crippen molar-refractivity contribution in [3.63, 3.8) is 0 Å². The van der Waals surface area contributed by atoms with Crippen LogP contribution in [0.1, 0.15) is 35.4 Å². The van der Waals surface area contributed by atoms with Crippen molar-refractivity contribution in [2.24, 2.45) is 0 Å². The standard InChI is InChI=1S/C14H19NO2/c1-9-7-12(13(17-3)8-10(9)2)11-5-4-6-15-14(11)16/h7-8,11H,4-6H2,1-3H3,(H,15,16). The van der Waals surface area contributed by atoms with Crippen molar-refractivity contribution >= 4 is 5.91 Å². The SMILES string of the molecule is COc1cc(C)c(C)cc1C1CCCNC1=O. The Morgan fingerprint density at radius 3 is 2.65 bits per heavy atom. The van der Waals surface area contributed by atoms with Gasteiger partial charge in [-0.05, 0) is 43.9 Å². The number of amides is 1. The molecule has 1 aromatic carbocycles. The van der Waals surface area contributed by atoms with Gasteiger partial charge in [0.05, 0.1) is 13.0 Å². The van der Waals surface area contributed by atoms with Gasteiger partial charge in [0.25, 0.3) is 0 Å². The molecule has 92 valence electrons. The average molecular weight is 233 g/mol. The van der Waals surface area contributed by atoms with Crippen LogP contribution in [0.25, 0.3) is 0 Å². The summed E-state index contributed by atoms with van der Waals surface area (Å²) in [5.41, 5.74) is 3.42. The number of hydrogen-bond acceptors (Lipinski definition) is 2. The quantitative estimate of drug-likeness (QED) is 0.851. The summed E-state index contributed by atoms with van der Waals surface area (Å²) >= 11 is 0. The molecule has 0 saturated carbocycles. The largest absolute Gasteiger partial charge is 0.496 e. The molecule has 17 heavy (non-hydrogen) atoms. The van der Waals surface area contributed by atoms with Crippen LogP contribution in [0.3, 0.4) is 0 Å². The zero-order chi connectivity index (χ0) is 12.4. The minimum atomic E-state index is -0.0574. The van der Waals surface area contributed by atoms with Gasteiger partial charge in [0.15, 0.2) is 0 Å². The van der Waals surface area contributed by atoms with Crippen LogP contribution in [0.15, 0.2) is 12.1 Å². The first-order valence-corrected chi connectivity index (χ1v) is 6.06. The second-order valence-electron chi connectivity index (χ2n) is 4.66. The Morgan fingerprint density at radius 1 is 1.29 bits per heavy atom. The highest BCUT2D eigenvalue weighted by Crippen LogP contribution is 2.33. The van der Waals surface area contributed by atoms with E-state index in [-0.39, 0.29) is 11.8 Å². The molecule has 1 heterocycles. The number of rotatable bonds is 2. The highest BCUT2D eigenvalue weighted by molar-refractivity contribution is 5.85. The fourth-order valence-electron chi connectivity index (χ4n) is 2.33. The van der Waals surface area contributed by atoms with Gasteiger partial charge in [-0.1, -0.05) is 6.07 Å². The van der Waals surface area contributed by atoms with Gasteiger partial charge in [-0.25, -0.2) is 0 Å². The molecule has 0 radical (unpaired) electrons. The summed E-state index contributed by atoms with van der Waals surface area (Å²) in [6.45, 7) is 4.92. The summed E-state index contributed by atoms with van der Waals surface area (Å²) in [5.74, 6) is 0.894. The molecule has 1 aliphatic rings. The van der Waals surface area contributed by atoms with E-state index in [1.165, 1.54) is 11.1 Å². The van der Waals surface area contributed by atoms with Crippen LogP contribution in [0, 0.1) is 13.8 Å². The molecule has 1 amide bonds. The summed E-state index contributed by atoms with van der Waals surface area (Å²) in [6, 6.07) is 4.11. The molecule has 1 aliphatic heterocycles. The number of carbonyl (C=O) groups excluding carboxylic acids is 1. The van der Waals surface area contributed by atoms with Crippen LogP contribution in [0.2, 0.25) is 0 Å². The molecular formula is C14H19NO2. The van der Waals surface area contributed by atoms with E-state index in [4.69, 9.17) is 4.74 Å². The molecule has 3 nitrogen and oxygen atoms in total. The summed E-state index contributed by atoms with van der Waals surface area (Å²) in [4.78, 5) is 11.9. The second kappa shape index (κ2) is 4.78. The summed E-state index contributed by atoms with van der Waals surface area (Å²) in [5, 5.41) is 2.92. The number of hydrogen-bond donors (Lipinski definition) is 1. The van der Waals surface area contributed by atoms with Crippen molar-refractivity contribution in [3.8, 4) is 5.75 Å². The third-order valence-electron chi connectivity index (χ3n) is 3.51. The third kappa shape index (κ3) is 2.28. The van der Waals surface area contributed by atoms with Crippen LogP contribution >= 0.6 is 0 Å². The lowest BCUT2D eigenvalue weighted by atomic mass is 9.88. The number of aryl methyl sites for hydroxylation is 2. The van der Waals surface area contributed by atoms with Gasteiger partial charge in [-0.2, -0.15) is 0 Å². The number of nitrogens with one attached hydrogen (secondary N) is 1. The van der Waals surface area contributed by atoms with Crippen molar-refractivity contribution in [3.05, 3.63) is 28.8 Å². The third-order valence-corrected chi connectivity index (χ3v) is 3.51.